The van der Waals surface area contributed by atoms with Crippen LogP contribution in [0, 0.1) is 40.9 Å². The van der Waals surface area contributed by atoms with E-state index in [9.17, 15) is 4.79 Å². The van der Waals surface area contributed by atoms with E-state index in [1.807, 2.05) is 0 Å². The summed E-state index contributed by atoms with van der Waals surface area (Å²) in [5.41, 5.74) is -0.0819. The van der Waals surface area contributed by atoms with Gasteiger partial charge in [-0.15, -0.1) is 0 Å². The molecule has 114 valence electrons. The fraction of sp³-hybridized carbons (Fsp3) is 0.833. The lowest BCUT2D eigenvalue weighted by Crippen LogP contribution is -2.52. The van der Waals surface area contributed by atoms with Gasteiger partial charge in [0, 0.05) is 18.5 Å². The van der Waals surface area contributed by atoms with Crippen molar-refractivity contribution >= 4 is 5.91 Å². The molecule has 1 aliphatic heterocycles. The molecule has 0 aromatic rings. The normalized spacial score (nSPS) is 53.5. The SMILES string of the molecule is CC1(C(=O)N2CCOCC2)CC2CC1C1C3C=CC(C3)C21. The second-order valence-corrected chi connectivity index (χ2v) is 8.23. The number of amides is 1. The topological polar surface area (TPSA) is 29.5 Å². The Morgan fingerprint density at radius 2 is 1.86 bits per heavy atom. The summed E-state index contributed by atoms with van der Waals surface area (Å²) < 4.78 is 5.41. The number of morpholine rings is 1. The number of carbonyl (C=O) groups excluding carboxylic acids is 1. The summed E-state index contributed by atoms with van der Waals surface area (Å²) in [5.74, 6) is 5.25. The Labute approximate surface area is 126 Å². The molecule has 7 atom stereocenters. The fourth-order valence-electron chi connectivity index (χ4n) is 6.74. The Hall–Kier alpha value is -0.830. The third-order valence-electron chi connectivity index (χ3n) is 7.44. The van der Waals surface area contributed by atoms with E-state index in [0.717, 1.165) is 62.3 Å². The number of hydrogen-bond donors (Lipinski definition) is 0. The molecule has 0 radical (unpaired) electrons. The van der Waals surface area contributed by atoms with Crippen molar-refractivity contribution in [1.82, 2.24) is 4.90 Å². The molecule has 1 saturated heterocycles. The molecule has 5 aliphatic rings. The third kappa shape index (κ3) is 1.51. The standard InChI is InChI=1S/C18H25NO2/c1-18(17(20)19-4-6-21-7-5-19)10-13-9-14(18)16-12-3-2-11(8-12)15(13)16/h2-3,11-16H,4-10H2,1H3. The quantitative estimate of drug-likeness (QED) is 0.547. The molecule has 0 N–H and O–H groups in total. The van der Waals surface area contributed by atoms with Crippen molar-refractivity contribution in [2.45, 2.75) is 26.2 Å². The van der Waals surface area contributed by atoms with Gasteiger partial charge in [0.05, 0.1) is 13.2 Å². The predicted molar refractivity (Wildman–Crippen MR) is 79.4 cm³/mol. The summed E-state index contributed by atoms with van der Waals surface area (Å²) >= 11 is 0. The first-order chi connectivity index (χ1) is 10.2. The molecule has 0 aromatic carbocycles. The van der Waals surface area contributed by atoms with Crippen LogP contribution in [0.3, 0.4) is 0 Å². The molecule has 7 unspecified atom stereocenters. The first-order valence-corrected chi connectivity index (χ1v) is 8.74. The van der Waals surface area contributed by atoms with E-state index in [-0.39, 0.29) is 5.41 Å². The molecule has 21 heavy (non-hydrogen) atoms. The van der Waals surface area contributed by atoms with Crippen molar-refractivity contribution in [1.29, 1.82) is 0 Å². The van der Waals surface area contributed by atoms with Crippen LogP contribution in [-0.2, 0) is 9.53 Å². The summed E-state index contributed by atoms with van der Waals surface area (Å²) in [6.07, 6.45) is 8.78. The summed E-state index contributed by atoms with van der Waals surface area (Å²) in [7, 11) is 0. The van der Waals surface area contributed by atoms with Crippen molar-refractivity contribution in [2.24, 2.45) is 40.9 Å². The van der Waals surface area contributed by atoms with Crippen molar-refractivity contribution in [3.05, 3.63) is 12.2 Å². The average Bonchev–Trinajstić information content (AvgIpc) is 3.25. The molecule has 5 rings (SSSR count). The molecular formula is C18H25NO2. The van der Waals surface area contributed by atoms with Crippen LogP contribution in [0.5, 0.6) is 0 Å². The van der Waals surface area contributed by atoms with E-state index < -0.39 is 0 Å². The molecule has 3 heteroatoms. The van der Waals surface area contributed by atoms with E-state index in [1.54, 1.807) is 0 Å². The summed E-state index contributed by atoms with van der Waals surface area (Å²) in [6, 6.07) is 0. The van der Waals surface area contributed by atoms with Gasteiger partial charge in [-0.25, -0.2) is 0 Å². The molecule has 4 aliphatic carbocycles. The van der Waals surface area contributed by atoms with Gasteiger partial charge < -0.3 is 9.64 Å². The molecule has 4 fully saturated rings. The lowest BCUT2D eigenvalue weighted by atomic mass is 9.62. The Morgan fingerprint density at radius 1 is 1.14 bits per heavy atom. The number of ether oxygens (including phenoxy) is 1. The van der Waals surface area contributed by atoms with Gasteiger partial charge in [-0.2, -0.15) is 0 Å². The molecule has 0 aromatic heterocycles. The van der Waals surface area contributed by atoms with Crippen molar-refractivity contribution < 1.29 is 9.53 Å². The van der Waals surface area contributed by atoms with E-state index in [4.69, 9.17) is 4.74 Å². The van der Waals surface area contributed by atoms with Gasteiger partial charge in [0.15, 0.2) is 0 Å². The van der Waals surface area contributed by atoms with Crippen molar-refractivity contribution in [3.63, 3.8) is 0 Å². The van der Waals surface area contributed by atoms with Gasteiger partial charge in [-0.1, -0.05) is 19.1 Å². The first-order valence-electron chi connectivity index (χ1n) is 8.74. The van der Waals surface area contributed by atoms with E-state index in [2.05, 4.69) is 24.0 Å². The highest BCUT2D eigenvalue weighted by Crippen LogP contribution is 2.70. The maximum Gasteiger partial charge on any atom is 0.228 e. The van der Waals surface area contributed by atoms with Crippen LogP contribution >= 0.6 is 0 Å². The van der Waals surface area contributed by atoms with Gasteiger partial charge in [0.1, 0.15) is 0 Å². The van der Waals surface area contributed by atoms with Crippen molar-refractivity contribution in [2.75, 3.05) is 26.3 Å². The van der Waals surface area contributed by atoms with Gasteiger partial charge in [-0.05, 0) is 54.8 Å². The van der Waals surface area contributed by atoms with Crippen LogP contribution in [0.1, 0.15) is 26.2 Å². The third-order valence-corrected chi connectivity index (χ3v) is 7.44. The Morgan fingerprint density at radius 3 is 2.62 bits per heavy atom. The second kappa shape index (κ2) is 4.13. The lowest BCUT2D eigenvalue weighted by Gasteiger charge is -2.45. The van der Waals surface area contributed by atoms with Crippen molar-refractivity contribution in [3.8, 4) is 0 Å². The fourth-order valence-corrected chi connectivity index (χ4v) is 6.74. The van der Waals surface area contributed by atoms with E-state index in [0.29, 0.717) is 11.8 Å². The van der Waals surface area contributed by atoms with Gasteiger partial charge in [-0.3, -0.25) is 4.79 Å². The minimum Gasteiger partial charge on any atom is -0.378 e. The molecule has 1 heterocycles. The molecule has 4 bridgehead atoms. The smallest absolute Gasteiger partial charge is 0.228 e. The Balaban J connectivity index is 1.43. The molecule has 3 nitrogen and oxygen atoms in total. The summed E-state index contributed by atoms with van der Waals surface area (Å²) in [4.78, 5) is 15.2. The minimum absolute atomic E-state index is 0.0819. The maximum atomic E-state index is 13.2. The number of fused-ring (bicyclic) bond motifs is 9. The zero-order valence-corrected chi connectivity index (χ0v) is 12.8. The zero-order chi connectivity index (χ0) is 14.2. The average molecular weight is 287 g/mol. The zero-order valence-electron chi connectivity index (χ0n) is 12.8. The Bertz CT molecular complexity index is 509. The maximum absolute atomic E-state index is 13.2. The lowest BCUT2D eigenvalue weighted by molar-refractivity contribution is -0.150. The number of nitrogens with zero attached hydrogens (tertiary/aromatic N) is 1. The van der Waals surface area contributed by atoms with E-state index >= 15 is 0 Å². The molecule has 3 saturated carbocycles. The molecular weight excluding hydrogens is 262 g/mol. The van der Waals surface area contributed by atoms with Crippen LogP contribution in [0.2, 0.25) is 0 Å². The first kappa shape index (κ1) is 12.7. The monoisotopic (exact) mass is 287 g/mol. The number of rotatable bonds is 1. The highest BCUT2D eigenvalue weighted by Gasteiger charge is 2.66. The summed E-state index contributed by atoms with van der Waals surface area (Å²) in [5, 5.41) is 0. The number of allylic oxidation sites excluding steroid dienone is 2. The summed E-state index contributed by atoms with van der Waals surface area (Å²) in [6.45, 7) is 5.31. The molecule has 0 spiro atoms. The Kier molecular flexibility index (Phi) is 2.49. The molecule has 1 amide bonds. The van der Waals surface area contributed by atoms with E-state index in [1.165, 1.54) is 12.8 Å². The van der Waals surface area contributed by atoms with Crippen LogP contribution in [0.4, 0.5) is 0 Å². The number of hydrogen-bond acceptors (Lipinski definition) is 2. The van der Waals surface area contributed by atoms with Gasteiger partial charge in [0.2, 0.25) is 5.91 Å². The van der Waals surface area contributed by atoms with Crippen LogP contribution < -0.4 is 0 Å². The second-order valence-electron chi connectivity index (χ2n) is 8.23. The largest absolute Gasteiger partial charge is 0.378 e. The van der Waals surface area contributed by atoms with Crippen LogP contribution in [0.15, 0.2) is 12.2 Å². The van der Waals surface area contributed by atoms with Crippen LogP contribution in [0.25, 0.3) is 0 Å². The van der Waals surface area contributed by atoms with Gasteiger partial charge in [0.25, 0.3) is 0 Å². The predicted octanol–water partition coefficient (Wildman–Crippen LogP) is 2.33. The highest BCUT2D eigenvalue weighted by atomic mass is 16.5. The number of carbonyl (C=O) groups is 1. The minimum atomic E-state index is -0.0819. The highest BCUT2D eigenvalue weighted by molar-refractivity contribution is 5.83. The van der Waals surface area contributed by atoms with Gasteiger partial charge >= 0.3 is 0 Å². The van der Waals surface area contributed by atoms with Crippen LogP contribution in [-0.4, -0.2) is 37.1 Å².